The van der Waals surface area contributed by atoms with Crippen molar-refractivity contribution in [2.75, 3.05) is 18.1 Å². The monoisotopic (exact) mass is 337 g/mol. The van der Waals surface area contributed by atoms with Gasteiger partial charge in [-0.05, 0) is 53.4 Å². The van der Waals surface area contributed by atoms with Crippen LogP contribution in [-0.2, 0) is 9.84 Å². The topological polar surface area (TPSA) is 63.2 Å². The number of thiophene rings is 1. The van der Waals surface area contributed by atoms with E-state index in [0.717, 1.165) is 0 Å². The maximum atomic E-state index is 11.9. The van der Waals surface area contributed by atoms with E-state index in [1.165, 1.54) is 24.8 Å². The van der Waals surface area contributed by atoms with Crippen molar-refractivity contribution in [3.05, 3.63) is 46.2 Å². The van der Waals surface area contributed by atoms with E-state index in [1.807, 2.05) is 5.38 Å². The minimum atomic E-state index is -3.35. The third kappa shape index (κ3) is 3.96. The molecule has 6 heteroatoms. The van der Waals surface area contributed by atoms with Crippen molar-refractivity contribution >= 4 is 32.6 Å². The molecule has 22 heavy (non-hydrogen) atoms. The zero-order chi connectivity index (χ0) is 16.3. The zero-order valence-electron chi connectivity index (χ0n) is 12.8. The Labute approximate surface area is 135 Å². The van der Waals surface area contributed by atoms with Gasteiger partial charge in [-0.1, -0.05) is 6.92 Å². The molecule has 0 saturated heterocycles. The van der Waals surface area contributed by atoms with Crippen LogP contribution in [0.25, 0.3) is 0 Å². The van der Waals surface area contributed by atoms with Gasteiger partial charge in [0.1, 0.15) is 0 Å². The first-order valence-electron chi connectivity index (χ1n) is 6.90. The van der Waals surface area contributed by atoms with Crippen LogP contribution in [0, 0.1) is 0 Å². The second-order valence-corrected chi connectivity index (χ2v) is 8.14. The molecule has 0 spiro atoms. The van der Waals surface area contributed by atoms with Crippen LogP contribution < -0.4 is 5.32 Å². The van der Waals surface area contributed by atoms with Crippen molar-refractivity contribution in [1.82, 2.24) is 0 Å². The van der Waals surface area contributed by atoms with Gasteiger partial charge in [0.2, 0.25) is 0 Å². The number of ketones is 1. The number of carbonyl (C=O) groups excluding carboxylic acids is 1. The van der Waals surface area contributed by atoms with E-state index in [0.29, 0.717) is 17.8 Å². The summed E-state index contributed by atoms with van der Waals surface area (Å²) in [5.41, 5.74) is 2.19. The summed E-state index contributed by atoms with van der Waals surface area (Å²) in [6.45, 7) is 4.14. The van der Waals surface area contributed by atoms with Crippen LogP contribution in [-0.4, -0.2) is 27.0 Å². The fourth-order valence-electron chi connectivity index (χ4n) is 2.15. The van der Waals surface area contributed by atoms with Crippen LogP contribution in [0.5, 0.6) is 0 Å². The van der Waals surface area contributed by atoms with Gasteiger partial charge >= 0.3 is 0 Å². The molecule has 0 bridgehead atoms. The van der Waals surface area contributed by atoms with Crippen LogP contribution in [0.2, 0.25) is 0 Å². The molecule has 4 nitrogen and oxygen atoms in total. The predicted octanol–water partition coefficient (Wildman–Crippen LogP) is 3.57. The molecular weight excluding hydrogens is 318 g/mol. The minimum Gasteiger partial charge on any atom is -0.383 e. The number of rotatable bonds is 6. The minimum absolute atomic E-state index is 0.0889. The average molecular weight is 337 g/mol. The van der Waals surface area contributed by atoms with Gasteiger partial charge < -0.3 is 5.32 Å². The van der Waals surface area contributed by atoms with Crippen LogP contribution in [0.3, 0.4) is 0 Å². The average Bonchev–Trinajstić information content (AvgIpc) is 2.97. The van der Waals surface area contributed by atoms with E-state index in [1.54, 1.807) is 23.5 Å². The van der Waals surface area contributed by atoms with Crippen molar-refractivity contribution in [2.24, 2.45) is 0 Å². The van der Waals surface area contributed by atoms with Crippen molar-refractivity contribution in [2.45, 2.75) is 24.7 Å². The summed E-state index contributed by atoms with van der Waals surface area (Å²) in [6, 6.07) is 6.70. The van der Waals surface area contributed by atoms with Gasteiger partial charge in [0.15, 0.2) is 15.6 Å². The number of hydrogen-bond donors (Lipinski definition) is 1. The van der Waals surface area contributed by atoms with E-state index in [2.05, 4.69) is 23.7 Å². The number of anilines is 1. The molecule has 0 amide bonds. The fourth-order valence-corrected chi connectivity index (χ4v) is 3.77. The Kier molecular flexibility index (Phi) is 5.03. The highest BCUT2D eigenvalue weighted by Gasteiger charge is 2.16. The van der Waals surface area contributed by atoms with Crippen molar-refractivity contribution in [3.63, 3.8) is 0 Å². The number of nitrogens with one attached hydrogen (secondary N) is 1. The number of sulfone groups is 1. The highest BCUT2D eigenvalue weighted by molar-refractivity contribution is 7.90. The standard InChI is InChI=1S/C16H19NO3S2/c1-11(14-6-7-21-10-14)9-17-15-8-13(12(2)18)4-5-16(15)22(3,19)20/h4-8,10-11,17H,9H2,1-3H3/t11-/m1/s1. The van der Waals surface area contributed by atoms with Crippen LogP contribution in [0.4, 0.5) is 5.69 Å². The summed E-state index contributed by atoms with van der Waals surface area (Å²) in [7, 11) is -3.35. The molecule has 0 aliphatic carbocycles. The number of benzene rings is 1. The normalized spacial score (nSPS) is 12.9. The van der Waals surface area contributed by atoms with Crippen molar-refractivity contribution in [1.29, 1.82) is 0 Å². The van der Waals surface area contributed by atoms with E-state index in [9.17, 15) is 13.2 Å². The molecule has 0 saturated carbocycles. The third-order valence-electron chi connectivity index (χ3n) is 3.50. The van der Waals surface area contributed by atoms with E-state index in [-0.39, 0.29) is 16.6 Å². The number of hydrogen-bond acceptors (Lipinski definition) is 5. The first-order valence-corrected chi connectivity index (χ1v) is 9.73. The Hall–Kier alpha value is -1.66. The van der Waals surface area contributed by atoms with Crippen molar-refractivity contribution < 1.29 is 13.2 Å². The van der Waals surface area contributed by atoms with E-state index in [4.69, 9.17) is 0 Å². The van der Waals surface area contributed by atoms with Gasteiger partial charge in [-0.15, -0.1) is 0 Å². The summed E-state index contributed by atoms with van der Waals surface area (Å²) in [6.07, 6.45) is 1.17. The SMILES string of the molecule is CC(=O)c1ccc(S(C)(=O)=O)c(NC[C@@H](C)c2ccsc2)c1. The Morgan fingerprint density at radius 2 is 2.05 bits per heavy atom. The molecule has 118 valence electrons. The molecule has 1 atom stereocenters. The van der Waals surface area contributed by atoms with Gasteiger partial charge in [-0.25, -0.2) is 8.42 Å². The highest BCUT2D eigenvalue weighted by Crippen LogP contribution is 2.25. The quantitative estimate of drug-likeness (QED) is 0.819. The largest absolute Gasteiger partial charge is 0.383 e. The van der Waals surface area contributed by atoms with Crippen LogP contribution >= 0.6 is 11.3 Å². The second-order valence-electron chi connectivity index (χ2n) is 5.38. The Morgan fingerprint density at radius 1 is 1.32 bits per heavy atom. The molecule has 1 aromatic heterocycles. The Balaban J connectivity index is 2.27. The molecule has 0 aliphatic heterocycles. The van der Waals surface area contributed by atoms with Gasteiger partial charge in [-0.2, -0.15) is 11.3 Å². The highest BCUT2D eigenvalue weighted by atomic mass is 32.2. The Bertz CT molecular complexity index is 765. The molecular formula is C16H19NO3S2. The maximum absolute atomic E-state index is 11.9. The summed E-state index contributed by atoms with van der Waals surface area (Å²) in [5, 5.41) is 7.27. The lowest BCUT2D eigenvalue weighted by Gasteiger charge is -2.15. The summed E-state index contributed by atoms with van der Waals surface area (Å²) in [4.78, 5) is 11.7. The smallest absolute Gasteiger partial charge is 0.177 e. The van der Waals surface area contributed by atoms with Crippen molar-refractivity contribution in [3.8, 4) is 0 Å². The van der Waals surface area contributed by atoms with E-state index >= 15 is 0 Å². The van der Waals surface area contributed by atoms with Crippen LogP contribution in [0.15, 0.2) is 39.9 Å². The summed E-state index contributed by atoms with van der Waals surface area (Å²) >= 11 is 1.64. The maximum Gasteiger partial charge on any atom is 0.177 e. The van der Waals surface area contributed by atoms with Gasteiger partial charge in [-0.3, -0.25) is 4.79 Å². The lowest BCUT2D eigenvalue weighted by molar-refractivity contribution is 0.101. The first kappa shape index (κ1) is 16.7. The zero-order valence-corrected chi connectivity index (χ0v) is 14.4. The molecule has 0 fully saturated rings. The molecule has 0 unspecified atom stereocenters. The fraction of sp³-hybridized carbons (Fsp3) is 0.312. The molecule has 2 rings (SSSR count). The van der Waals surface area contributed by atoms with Gasteiger partial charge in [0.05, 0.1) is 10.6 Å². The lowest BCUT2D eigenvalue weighted by Crippen LogP contribution is -2.13. The number of carbonyl (C=O) groups is 1. The summed E-state index contributed by atoms with van der Waals surface area (Å²) in [5.74, 6) is 0.161. The Morgan fingerprint density at radius 3 is 2.59 bits per heavy atom. The van der Waals surface area contributed by atoms with E-state index < -0.39 is 9.84 Å². The lowest BCUT2D eigenvalue weighted by atomic mass is 10.0. The molecule has 0 radical (unpaired) electrons. The predicted molar refractivity (Wildman–Crippen MR) is 90.8 cm³/mol. The van der Waals surface area contributed by atoms with Gasteiger partial charge in [0, 0.05) is 18.4 Å². The molecule has 1 aromatic carbocycles. The second kappa shape index (κ2) is 6.62. The van der Waals surface area contributed by atoms with Crippen LogP contribution in [0.1, 0.15) is 35.7 Å². The molecule has 2 aromatic rings. The first-order chi connectivity index (χ1) is 10.3. The number of Topliss-reactive ketones (excluding diaryl/α,β-unsaturated/α-hetero) is 1. The molecule has 1 heterocycles. The molecule has 1 N–H and O–H groups in total. The van der Waals surface area contributed by atoms with Gasteiger partial charge in [0.25, 0.3) is 0 Å². The molecule has 0 aliphatic rings. The third-order valence-corrected chi connectivity index (χ3v) is 5.35. The summed E-state index contributed by atoms with van der Waals surface area (Å²) < 4.78 is 23.8.